The molecule has 74 valence electrons. The smallest absolute Gasteiger partial charge is 0.130 e. The van der Waals surface area contributed by atoms with E-state index in [1.54, 1.807) is 0 Å². The Kier molecular flexibility index (Phi) is 3.29. The van der Waals surface area contributed by atoms with Crippen molar-refractivity contribution in [3.63, 3.8) is 0 Å². The molecule has 1 heterocycles. The van der Waals surface area contributed by atoms with Gasteiger partial charge in [0, 0.05) is 12.6 Å². The van der Waals surface area contributed by atoms with Crippen LogP contribution in [-0.4, -0.2) is 24.3 Å². The van der Waals surface area contributed by atoms with Crippen LogP contribution in [-0.2, 0) is 4.74 Å². The topological polar surface area (TPSA) is 45.0 Å². The quantitative estimate of drug-likeness (QED) is 0.718. The summed E-state index contributed by atoms with van der Waals surface area (Å²) in [7, 11) is 0. The van der Waals surface area contributed by atoms with Gasteiger partial charge in [-0.25, -0.2) is 0 Å². The van der Waals surface area contributed by atoms with Crippen molar-refractivity contribution in [2.45, 2.75) is 51.3 Å². The van der Waals surface area contributed by atoms with E-state index in [1.165, 1.54) is 0 Å². The van der Waals surface area contributed by atoms with E-state index in [4.69, 9.17) is 10.00 Å². The highest BCUT2D eigenvalue weighted by Gasteiger charge is 2.37. The molecule has 0 spiro atoms. The standard InChI is InChI=1S/C10H18N2O/c1-8(2)12-10(3,7-11)9-5-4-6-13-9/h8-9,12H,4-6H2,1-3H3. The van der Waals surface area contributed by atoms with E-state index in [0.717, 1.165) is 19.4 Å². The second-order valence-corrected chi connectivity index (χ2v) is 4.11. The Morgan fingerprint density at radius 3 is 2.69 bits per heavy atom. The van der Waals surface area contributed by atoms with Crippen molar-refractivity contribution in [2.75, 3.05) is 6.61 Å². The third kappa shape index (κ3) is 2.43. The molecule has 1 rings (SSSR count). The molecular formula is C10H18N2O. The van der Waals surface area contributed by atoms with Gasteiger partial charge >= 0.3 is 0 Å². The van der Waals surface area contributed by atoms with Gasteiger partial charge in [-0.05, 0) is 33.6 Å². The minimum atomic E-state index is -0.523. The Labute approximate surface area is 80.1 Å². The Hall–Kier alpha value is -0.590. The number of ether oxygens (including phenoxy) is 1. The largest absolute Gasteiger partial charge is 0.375 e. The normalized spacial score (nSPS) is 27.2. The van der Waals surface area contributed by atoms with Crippen LogP contribution in [0.15, 0.2) is 0 Å². The molecule has 1 saturated heterocycles. The second kappa shape index (κ2) is 4.08. The highest BCUT2D eigenvalue weighted by Crippen LogP contribution is 2.23. The Morgan fingerprint density at radius 2 is 2.31 bits per heavy atom. The lowest BCUT2D eigenvalue weighted by molar-refractivity contribution is 0.0557. The van der Waals surface area contributed by atoms with Gasteiger partial charge in [-0.1, -0.05) is 0 Å². The summed E-state index contributed by atoms with van der Waals surface area (Å²) in [6.07, 6.45) is 2.12. The first kappa shape index (κ1) is 10.5. The van der Waals surface area contributed by atoms with Crippen LogP contribution in [0.5, 0.6) is 0 Å². The van der Waals surface area contributed by atoms with Gasteiger partial charge in [0.2, 0.25) is 0 Å². The van der Waals surface area contributed by atoms with Crippen LogP contribution >= 0.6 is 0 Å². The van der Waals surface area contributed by atoms with Crippen molar-refractivity contribution >= 4 is 0 Å². The van der Waals surface area contributed by atoms with Gasteiger partial charge in [0.15, 0.2) is 0 Å². The lowest BCUT2D eigenvalue weighted by atomic mass is 9.93. The molecule has 2 atom stereocenters. The van der Waals surface area contributed by atoms with Crippen molar-refractivity contribution < 1.29 is 4.74 Å². The van der Waals surface area contributed by atoms with Crippen LogP contribution in [0.1, 0.15) is 33.6 Å². The average molecular weight is 182 g/mol. The van der Waals surface area contributed by atoms with E-state index in [0.29, 0.717) is 6.04 Å². The van der Waals surface area contributed by atoms with Crippen molar-refractivity contribution in [3.05, 3.63) is 0 Å². The Bertz CT molecular complexity index is 203. The molecule has 13 heavy (non-hydrogen) atoms. The molecule has 1 aliphatic rings. The summed E-state index contributed by atoms with van der Waals surface area (Å²) in [5.41, 5.74) is -0.523. The first-order valence-electron chi connectivity index (χ1n) is 4.89. The fraction of sp³-hybridized carbons (Fsp3) is 0.900. The summed E-state index contributed by atoms with van der Waals surface area (Å²) in [5, 5.41) is 12.4. The second-order valence-electron chi connectivity index (χ2n) is 4.11. The molecule has 0 aromatic carbocycles. The van der Waals surface area contributed by atoms with Crippen LogP contribution in [0.2, 0.25) is 0 Å². The summed E-state index contributed by atoms with van der Waals surface area (Å²) in [6.45, 7) is 6.81. The van der Waals surface area contributed by atoms with Gasteiger partial charge in [-0.3, -0.25) is 5.32 Å². The lowest BCUT2D eigenvalue weighted by Gasteiger charge is -2.30. The first-order chi connectivity index (χ1) is 6.08. The maximum atomic E-state index is 9.10. The minimum Gasteiger partial charge on any atom is -0.375 e. The van der Waals surface area contributed by atoms with Gasteiger partial charge in [0.1, 0.15) is 5.54 Å². The first-order valence-corrected chi connectivity index (χ1v) is 4.89. The lowest BCUT2D eigenvalue weighted by Crippen LogP contribution is -2.53. The molecule has 0 aromatic rings. The van der Waals surface area contributed by atoms with E-state index >= 15 is 0 Å². The zero-order chi connectivity index (χ0) is 9.90. The molecule has 0 amide bonds. The number of hydrogen-bond acceptors (Lipinski definition) is 3. The molecule has 0 saturated carbocycles. The van der Waals surface area contributed by atoms with Gasteiger partial charge < -0.3 is 4.74 Å². The predicted molar refractivity (Wildman–Crippen MR) is 51.3 cm³/mol. The molecule has 0 aromatic heterocycles. The number of nitrogens with one attached hydrogen (secondary N) is 1. The third-order valence-electron chi connectivity index (χ3n) is 2.39. The predicted octanol–water partition coefficient (Wildman–Crippen LogP) is 1.45. The summed E-state index contributed by atoms with van der Waals surface area (Å²) in [6, 6.07) is 2.63. The number of nitrogens with zero attached hydrogens (tertiary/aromatic N) is 1. The average Bonchev–Trinajstić information content (AvgIpc) is 2.55. The van der Waals surface area contributed by atoms with Crippen LogP contribution in [0.25, 0.3) is 0 Å². The van der Waals surface area contributed by atoms with Crippen molar-refractivity contribution in [1.29, 1.82) is 5.26 Å². The SMILES string of the molecule is CC(C)NC(C)(C#N)C1CCCO1. The van der Waals surface area contributed by atoms with E-state index in [-0.39, 0.29) is 6.10 Å². The summed E-state index contributed by atoms with van der Waals surface area (Å²) in [4.78, 5) is 0. The van der Waals surface area contributed by atoms with E-state index in [2.05, 4.69) is 11.4 Å². The molecule has 0 radical (unpaired) electrons. The van der Waals surface area contributed by atoms with Crippen molar-refractivity contribution in [3.8, 4) is 6.07 Å². The monoisotopic (exact) mass is 182 g/mol. The molecule has 0 bridgehead atoms. The molecule has 3 heteroatoms. The third-order valence-corrected chi connectivity index (χ3v) is 2.39. The maximum Gasteiger partial charge on any atom is 0.130 e. The maximum absolute atomic E-state index is 9.10. The molecule has 1 fully saturated rings. The van der Waals surface area contributed by atoms with Gasteiger partial charge in [0.05, 0.1) is 12.2 Å². The van der Waals surface area contributed by atoms with Crippen molar-refractivity contribution in [1.82, 2.24) is 5.32 Å². The van der Waals surface area contributed by atoms with E-state index in [1.807, 2.05) is 20.8 Å². The number of rotatable bonds is 3. The highest BCUT2D eigenvalue weighted by atomic mass is 16.5. The van der Waals surface area contributed by atoms with Gasteiger partial charge in [0.25, 0.3) is 0 Å². The summed E-state index contributed by atoms with van der Waals surface area (Å²) >= 11 is 0. The summed E-state index contributed by atoms with van der Waals surface area (Å²) in [5.74, 6) is 0. The van der Waals surface area contributed by atoms with Crippen LogP contribution < -0.4 is 5.32 Å². The fourth-order valence-corrected chi connectivity index (χ4v) is 1.83. The Balaban J connectivity index is 2.63. The van der Waals surface area contributed by atoms with Crippen molar-refractivity contribution in [2.24, 2.45) is 0 Å². The van der Waals surface area contributed by atoms with E-state index in [9.17, 15) is 0 Å². The minimum absolute atomic E-state index is 0.0555. The highest BCUT2D eigenvalue weighted by molar-refractivity contribution is 5.10. The molecule has 1 aliphatic heterocycles. The van der Waals surface area contributed by atoms with Gasteiger partial charge in [-0.15, -0.1) is 0 Å². The molecule has 0 aliphatic carbocycles. The van der Waals surface area contributed by atoms with Crippen LogP contribution in [0.4, 0.5) is 0 Å². The van der Waals surface area contributed by atoms with Crippen LogP contribution in [0, 0.1) is 11.3 Å². The molecule has 2 unspecified atom stereocenters. The summed E-state index contributed by atoms with van der Waals surface area (Å²) < 4.78 is 5.52. The van der Waals surface area contributed by atoms with Crippen LogP contribution in [0.3, 0.4) is 0 Å². The fourth-order valence-electron chi connectivity index (χ4n) is 1.83. The molecule has 1 N–H and O–H groups in total. The number of nitriles is 1. The zero-order valence-corrected chi connectivity index (χ0v) is 8.63. The number of hydrogen-bond donors (Lipinski definition) is 1. The van der Waals surface area contributed by atoms with E-state index < -0.39 is 5.54 Å². The zero-order valence-electron chi connectivity index (χ0n) is 8.63. The Morgan fingerprint density at radius 1 is 1.62 bits per heavy atom. The van der Waals surface area contributed by atoms with Gasteiger partial charge in [-0.2, -0.15) is 5.26 Å². The molecular weight excluding hydrogens is 164 g/mol. The molecule has 3 nitrogen and oxygen atoms in total.